The number of aliphatic hydroxyl groups is 4. The van der Waals surface area contributed by atoms with Crippen LogP contribution in [0, 0.1) is 0 Å². The molecule has 10 atom stereocenters. The zero-order chi connectivity index (χ0) is 14.7. The SMILES string of the molecule is OC[C@H]1O[C@@H](O[C@H]2[C@@H]3O[C@@H]3[C@@H]3OC[C@H]2O3)[C@H](O)[C@@H](O)[C@@H]1O. The first-order valence-electron chi connectivity index (χ1n) is 6.98. The van der Waals surface area contributed by atoms with Crippen LogP contribution >= 0.6 is 0 Å². The van der Waals surface area contributed by atoms with Crippen molar-refractivity contribution < 1.29 is 44.1 Å². The van der Waals surface area contributed by atoms with Crippen LogP contribution in [0.25, 0.3) is 0 Å². The van der Waals surface area contributed by atoms with Crippen LogP contribution < -0.4 is 0 Å². The minimum absolute atomic E-state index is 0.182. The maximum Gasteiger partial charge on any atom is 0.187 e. The molecule has 0 aromatic heterocycles. The first kappa shape index (κ1) is 14.2. The summed E-state index contributed by atoms with van der Waals surface area (Å²) >= 11 is 0. The van der Waals surface area contributed by atoms with E-state index in [2.05, 4.69) is 0 Å². The Bertz CT molecular complexity index is 404. The number of fused-ring (bicyclic) bond motifs is 4. The van der Waals surface area contributed by atoms with Gasteiger partial charge in [0.2, 0.25) is 0 Å². The first-order chi connectivity index (χ1) is 10.1. The molecule has 0 saturated carbocycles. The van der Waals surface area contributed by atoms with Gasteiger partial charge in [-0.15, -0.1) is 0 Å². The van der Waals surface area contributed by atoms with Crippen molar-refractivity contribution in [2.75, 3.05) is 13.2 Å². The third-order valence-corrected chi connectivity index (χ3v) is 4.39. The number of ether oxygens (including phenoxy) is 5. The number of hydrogen-bond donors (Lipinski definition) is 4. The van der Waals surface area contributed by atoms with E-state index in [0.29, 0.717) is 6.61 Å². The van der Waals surface area contributed by atoms with E-state index in [-0.39, 0.29) is 24.6 Å². The predicted molar refractivity (Wildman–Crippen MR) is 61.9 cm³/mol. The Hall–Kier alpha value is -0.360. The van der Waals surface area contributed by atoms with Crippen molar-refractivity contribution in [1.82, 2.24) is 0 Å². The van der Waals surface area contributed by atoms with Gasteiger partial charge in [0.25, 0.3) is 0 Å². The standard InChI is InChI=1S/C12H18O9/c13-1-3-5(14)6(15)7(16)11(18-3)21-8-4-2-17-12(19-4)10-9(8)20-10/h3-16H,1-2H2/t3-,4-,5-,6+,7-,8-,9+,10+,11+,12-/m1/s1. The van der Waals surface area contributed by atoms with Crippen molar-refractivity contribution in [3.63, 3.8) is 0 Å². The Morgan fingerprint density at radius 2 is 1.76 bits per heavy atom. The lowest BCUT2D eigenvalue weighted by Crippen LogP contribution is -2.60. The number of hydrogen-bond acceptors (Lipinski definition) is 9. The summed E-state index contributed by atoms with van der Waals surface area (Å²) in [7, 11) is 0. The number of epoxide rings is 1. The zero-order valence-electron chi connectivity index (χ0n) is 11.0. The zero-order valence-corrected chi connectivity index (χ0v) is 11.0. The van der Waals surface area contributed by atoms with E-state index < -0.39 is 43.4 Å². The lowest BCUT2D eigenvalue weighted by molar-refractivity contribution is -0.319. The maximum absolute atomic E-state index is 9.97. The van der Waals surface area contributed by atoms with Crippen LogP contribution in [-0.4, -0.2) is 95.1 Å². The maximum atomic E-state index is 9.97. The lowest BCUT2D eigenvalue weighted by atomic mass is 9.99. The van der Waals surface area contributed by atoms with Gasteiger partial charge in [-0.2, -0.15) is 0 Å². The molecule has 120 valence electrons. The molecule has 0 aliphatic carbocycles. The highest BCUT2D eigenvalue weighted by molar-refractivity contribution is 5.05. The van der Waals surface area contributed by atoms with E-state index in [1.165, 1.54) is 0 Å². The Labute approximate surface area is 119 Å². The average Bonchev–Trinajstić information content (AvgIpc) is 3.17. The van der Waals surface area contributed by atoms with Gasteiger partial charge < -0.3 is 44.1 Å². The molecular weight excluding hydrogens is 288 g/mol. The average molecular weight is 306 g/mol. The normalized spacial score (nSPS) is 58.9. The lowest BCUT2D eigenvalue weighted by Gasteiger charge is -2.41. The molecule has 4 aliphatic heterocycles. The molecule has 0 amide bonds. The fourth-order valence-corrected chi connectivity index (χ4v) is 3.12. The summed E-state index contributed by atoms with van der Waals surface area (Å²) in [6, 6.07) is 0. The van der Waals surface area contributed by atoms with Gasteiger partial charge in [0.1, 0.15) is 48.8 Å². The molecule has 0 aromatic carbocycles. The second-order valence-electron chi connectivity index (χ2n) is 5.74. The van der Waals surface area contributed by atoms with E-state index in [0.717, 1.165) is 0 Å². The van der Waals surface area contributed by atoms with Crippen LogP contribution in [-0.2, 0) is 23.7 Å². The second-order valence-corrected chi connectivity index (χ2v) is 5.74. The van der Waals surface area contributed by atoms with E-state index in [4.69, 9.17) is 28.8 Å². The van der Waals surface area contributed by atoms with E-state index in [1.54, 1.807) is 0 Å². The Morgan fingerprint density at radius 1 is 0.952 bits per heavy atom. The van der Waals surface area contributed by atoms with Crippen LogP contribution in [0.15, 0.2) is 0 Å². The predicted octanol–water partition coefficient (Wildman–Crippen LogP) is -3.31. The van der Waals surface area contributed by atoms with Gasteiger partial charge in [0.15, 0.2) is 12.6 Å². The van der Waals surface area contributed by atoms with Gasteiger partial charge in [-0.1, -0.05) is 0 Å². The summed E-state index contributed by atoms with van der Waals surface area (Å²) in [5, 5.41) is 38.6. The van der Waals surface area contributed by atoms with Crippen molar-refractivity contribution in [3.8, 4) is 0 Å². The fraction of sp³-hybridized carbons (Fsp3) is 1.00. The molecule has 4 heterocycles. The largest absolute Gasteiger partial charge is 0.394 e. The summed E-state index contributed by atoms with van der Waals surface area (Å²) in [5.41, 5.74) is 0. The minimum Gasteiger partial charge on any atom is -0.394 e. The molecule has 4 N–H and O–H groups in total. The van der Waals surface area contributed by atoms with Crippen molar-refractivity contribution >= 4 is 0 Å². The highest BCUT2D eigenvalue weighted by atomic mass is 16.8. The van der Waals surface area contributed by atoms with Gasteiger partial charge in [-0.05, 0) is 0 Å². The minimum atomic E-state index is -1.46. The molecule has 4 fully saturated rings. The quantitative estimate of drug-likeness (QED) is 0.396. The first-order valence-corrected chi connectivity index (χ1v) is 6.98. The Balaban J connectivity index is 1.46. The van der Waals surface area contributed by atoms with Crippen molar-refractivity contribution in [2.24, 2.45) is 0 Å². The van der Waals surface area contributed by atoms with Crippen molar-refractivity contribution in [1.29, 1.82) is 0 Å². The summed E-state index contributed by atoms with van der Waals surface area (Å²) < 4.78 is 27.4. The van der Waals surface area contributed by atoms with Gasteiger partial charge in [-0.25, -0.2) is 0 Å². The molecule has 9 heteroatoms. The molecule has 4 aliphatic rings. The van der Waals surface area contributed by atoms with Crippen molar-refractivity contribution in [3.05, 3.63) is 0 Å². The molecule has 21 heavy (non-hydrogen) atoms. The molecule has 2 bridgehead atoms. The smallest absolute Gasteiger partial charge is 0.187 e. The topological polar surface area (TPSA) is 130 Å². The van der Waals surface area contributed by atoms with Crippen LogP contribution in [0.4, 0.5) is 0 Å². The fourth-order valence-electron chi connectivity index (χ4n) is 3.12. The van der Waals surface area contributed by atoms with Gasteiger partial charge in [0.05, 0.1) is 13.2 Å². The monoisotopic (exact) mass is 306 g/mol. The van der Waals surface area contributed by atoms with E-state index in [9.17, 15) is 15.3 Å². The van der Waals surface area contributed by atoms with Gasteiger partial charge in [0, 0.05) is 0 Å². The highest BCUT2D eigenvalue weighted by Gasteiger charge is 2.63. The summed E-state index contributed by atoms with van der Waals surface area (Å²) in [5.74, 6) is 0. The molecule has 0 spiro atoms. The Morgan fingerprint density at radius 3 is 2.52 bits per heavy atom. The summed E-state index contributed by atoms with van der Waals surface area (Å²) in [4.78, 5) is 0. The van der Waals surface area contributed by atoms with Crippen molar-refractivity contribution in [2.45, 2.75) is 61.4 Å². The summed E-state index contributed by atoms with van der Waals surface area (Å²) in [6.45, 7) is -0.133. The second kappa shape index (κ2) is 5.08. The van der Waals surface area contributed by atoms with Crippen LogP contribution in [0.1, 0.15) is 0 Å². The third kappa shape index (κ3) is 2.21. The third-order valence-electron chi connectivity index (χ3n) is 4.39. The number of aliphatic hydroxyl groups excluding tert-OH is 4. The van der Waals surface area contributed by atoms with Crippen LogP contribution in [0.2, 0.25) is 0 Å². The molecule has 4 saturated heterocycles. The molecule has 0 aromatic rings. The molecular formula is C12H18O9. The molecule has 0 unspecified atom stereocenters. The molecule has 9 nitrogen and oxygen atoms in total. The van der Waals surface area contributed by atoms with E-state index in [1.807, 2.05) is 0 Å². The number of rotatable bonds is 3. The van der Waals surface area contributed by atoms with Crippen LogP contribution in [0.3, 0.4) is 0 Å². The highest BCUT2D eigenvalue weighted by Crippen LogP contribution is 2.43. The molecule has 4 rings (SSSR count). The van der Waals surface area contributed by atoms with Gasteiger partial charge in [-0.3, -0.25) is 0 Å². The molecule has 0 radical (unpaired) electrons. The van der Waals surface area contributed by atoms with Gasteiger partial charge >= 0.3 is 0 Å². The summed E-state index contributed by atoms with van der Waals surface area (Å²) in [6.07, 6.45) is -8.04. The Kier molecular flexibility index (Phi) is 3.45. The van der Waals surface area contributed by atoms with Crippen LogP contribution in [0.5, 0.6) is 0 Å². The van der Waals surface area contributed by atoms with E-state index >= 15 is 0 Å².